The van der Waals surface area contributed by atoms with Crippen molar-refractivity contribution in [2.24, 2.45) is 0 Å². The molecule has 0 saturated heterocycles. The quantitative estimate of drug-likeness (QED) is 0.678. The minimum absolute atomic E-state index is 0.108. The van der Waals surface area contributed by atoms with Crippen LogP contribution in [0.25, 0.3) is 0 Å². The van der Waals surface area contributed by atoms with Crippen LogP contribution in [-0.2, 0) is 10.0 Å². The summed E-state index contributed by atoms with van der Waals surface area (Å²) in [6, 6.07) is 12.2. The van der Waals surface area contributed by atoms with Crippen LogP contribution in [0.5, 0.6) is 17.2 Å². The van der Waals surface area contributed by atoms with Gasteiger partial charge in [-0.05, 0) is 35.7 Å². The minimum Gasteiger partial charge on any atom is -0.493 e. The van der Waals surface area contributed by atoms with Crippen molar-refractivity contribution in [3.63, 3.8) is 0 Å². The molecule has 2 aromatic carbocycles. The molecule has 0 atom stereocenters. The molecule has 1 N–H and O–H groups in total. The summed E-state index contributed by atoms with van der Waals surface area (Å²) in [5.74, 6) is 1.99. The number of rotatable bonds is 9. The van der Waals surface area contributed by atoms with E-state index in [1.165, 1.54) is 31.9 Å². The molecule has 0 amide bonds. The third kappa shape index (κ3) is 5.12. The maximum Gasteiger partial charge on any atom is 0.240 e. The second kappa shape index (κ2) is 8.91. The summed E-state index contributed by atoms with van der Waals surface area (Å²) in [7, 11) is -0.702. The third-order valence-corrected chi connectivity index (χ3v) is 5.33. The maximum absolute atomic E-state index is 12.4. The van der Waals surface area contributed by atoms with Gasteiger partial charge in [-0.2, -0.15) is 0 Å². The van der Waals surface area contributed by atoms with E-state index < -0.39 is 10.0 Å². The summed E-state index contributed by atoms with van der Waals surface area (Å²) in [6.45, 7) is 4.63. The van der Waals surface area contributed by atoms with Crippen LogP contribution in [0.4, 0.5) is 0 Å². The molecule has 0 bridgehead atoms. The van der Waals surface area contributed by atoms with Crippen molar-refractivity contribution in [2.45, 2.75) is 24.7 Å². The van der Waals surface area contributed by atoms with Gasteiger partial charge in [-0.25, -0.2) is 13.1 Å². The topological polar surface area (TPSA) is 73.9 Å². The summed E-state index contributed by atoms with van der Waals surface area (Å²) in [5, 5.41) is 0. The van der Waals surface area contributed by atoms with Gasteiger partial charge in [-0.15, -0.1) is 0 Å². The van der Waals surface area contributed by atoms with Gasteiger partial charge in [-0.3, -0.25) is 0 Å². The van der Waals surface area contributed by atoms with Crippen molar-refractivity contribution in [1.82, 2.24) is 4.72 Å². The Hall–Kier alpha value is -2.25. The van der Waals surface area contributed by atoms with Crippen molar-refractivity contribution >= 4 is 10.0 Å². The van der Waals surface area contributed by atoms with Gasteiger partial charge >= 0.3 is 0 Å². The first-order chi connectivity index (χ1) is 12.4. The molecule has 142 valence electrons. The molecule has 0 spiro atoms. The molecular weight excluding hydrogens is 354 g/mol. The standard InChI is InChI=1S/C19H25NO5S/c1-14(2)15-5-7-16(8-6-15)25-12-11-20-26(21,22)17-9-10-18(23-3)19(13-17)24-4/h5-10,13-14,20H,11-12H2,1-4H3. The highest BCUT2D eigenvalue weighted by atomic mass is 32.2. The first kappa shape index (κ1) is 20.1. The van der Waals surface area contributed by atoms with Crippen molar-refractivity contribution in [3.05, 3.63) is 48.0 Å². The number of methoxy groups -OCH3 is 2. The van der Waals surface area contributed by atoms with Gasteiger partial charge in [0.1, 0.15) is 12.4 Å². The van der Waals surface area contributed by atoms with E-state index in [0.29, 0.717) is 23.2 Å². The van der Waals surface area contributed by atoms with Crippen LogP contribution in [0, 0.1) is 0 Å². The van der Waals surface area contributed by atoms with Gasteiger partial charge in [0.25, 0.3) is 0 Å². The molecule has 2 rings (SSSR count). The molecule has 0 unspecified atom stereocenters. The number of hydrogen-bond acceptors (Lipinski definition) is 5. The summed E-state index contributed by atoms with van der Waals surface area (Å²) in [5.41, 5.74) is 1.23. The van der Waals surface area contributed by atoms with E-state index in [4.69, 9.17) is 14.2 Å². The second-order valence-corrected chi connectivity index (χ2v) is 7.75. The van der Waals surface area contributed by atoms with Crippen LogP contribution in [0.2, 0.25) is 0 Å². The number of ether oxygens (including phenoxy) is 3. The van der Waals surface area contributed by atoms with E-state index in [-0.39, 0.29) is 18.0 Å². The first-order valence-electron chi connectivity index (χ1n) is 8.32. The molecule has 2 aromatic rings. The number of nitrogens with one attached hydrogen (secondary N) is 1. The lowest BCUT2D eigenvalue weighted by molar-refractivity contribution is 0.322. The SMILES string of the molecule is COc1ccc(S(=O)(=O)NCCOc2ccc(C(C)C)cc2)cc1OC. The Balaban J connectivity index is 1.92. The fraction of sp³-hybridized carbons (Fsp3) is 0.368. The van der Waals surface area contributed by atoms with Crippen molar-refractivity contribution in [2.75, 3.05) is 27.4 Å². The molecular formula is C19H25NO5S. The summed E-state index contributed by atoms with van der Waals surface area (Å²) < 4.78 is 43.1. The summed E-state index contributed by atoms with van der Waals surface area (Å²) >= 11 is 0. The molecule has 0 aliphatic rings. The van der Waals surface area contributed by atoms with Crippen molar-refractivity contribution < 1.29 is 22.6 Å². The molecule has 0 aromatic heterocycles. The van der Waals surface area contributed by atoms with Crippen molar-refractivity contribution in [3.8, 4) is 17.2 Å². The molecule has 0 heterocycles. The van der Waals surface area contributed by atoms with E-state index in [2.05, 4.69) is 18.6 Å². The highest BCUT2D eigenvalue weighted by Gasteiger charge is 2.16. The highest BCUT2D eigenvalue weighted by Crippen LogP contribution is 2.29. The Labute approximate surface area is 155 Å². The number of hydrogen-bond donors (Lipinski definition) is 1. The van der Waals surface area contributed by atoms with E-state index in [9.17, 15) is 8.42 Å². The molecule has 0 fully saturated rings. The fourth-order valence-electron chi connectivity index (χ4n) is 2.36. The Morgan fingerprint density at radius 3 is 2.19 bits per heavy atom. The van der Waals surface area contributed by atoms with Crippen LogP contribution >= 0.6 is 0 Å². The lowest BCUT2D eigenvalue weighted by Crippen LogP contribution is -2.28. The van der Waals surface area contributed by atoms with Gasteiger partial charge in [0.2, 0.25) is 10.0 Å². The van der Waals surface area contributed by atoms with E-state index in [1.54, 1.807) is 6.07 Å². The predicted molar refractivity (Wildman–Crippen MR) is 101 cm³/mol. The Kier molecular flexibility index (Phi) is 6.88. The highest BCUT2D eigenvalue weighted by molar-refractivity contribution is 7.89. The average Bonchev–Trinajstić information content (AvgIpc) is 2.65. The summed E-state index contributed by atoms with van der Waals surface area (Å²) in [4.78, 5) is 0.108. The normalized spacial score (nSPS) is 11.4. The van der Waals surface area contributed by atoms with E-state index in [0.717, 1.165) is 0 Å². The van der Waals surface area contributed by atoms with Crippen LogP contribution in [0.1, 0.15) is 25.3 Å². The fourth-order valence-corrected chi connectivity index (χ4v) is 3.39. The van der Waals surface area contributed by atoms with Crippen LogP contribution in [-0.4, -0.2) is 35.8 Å². The number of benzene rings is 2. The zero-order chi connectivity index (χ0) is 19.2. The molecule has 0 aliphatic carbocycles. The van der Waals surface area contributed by atoms with E-state index >= 15 is 0 Å². The largest absolute Gasteiger partial charge is 0.493 e. The summed E-state index contributed by atoms with van der Waals surface area (Å²) in [6.07, 6.45) is 0. The van der Waals surface area contributed by atoms with Crippen LogP contribution < -0.4 is 18.9 Å². The lowest BCUT2D eigenvalue weighted by Gasteiger charge is -2.12. The van der Waals surface area contributed by atoms with Crippen LogP contribution in [0.15, 0.2) is 47.4 Å². The average molecular weight is 379 g/mol. The van der Waals surface area contributed by atoms with Gasteiger partial charge < -0.3 is 14.2 Å². The Bertz CT molecular complexity index is 816. The van der Waals surface area contributed by atoms with E-state index in [1.807, 2.05) is 24.3 Å². The second-order valence-electron chi connectivity index (χ2n) is 5.99. The molecule has 0 saturated carbocycles. The minimum atomic E-state index is -3.66. The Morgan fingerprint density at radius 2 is 1.62 bits per heavy atom. The Morgan fingerprint density at radius 1 is 0.962 bits per heavy atom. The predicted octanol–water partition coefficient (Wildman–Crippen LogP) is 3.18. The maximum atomic E-state index is 12.4. The van der Waals surface area contributed by atoms with Gasteiger partial charge in [-0.1, -0.05) is 26.0 Å². The van der Waals surface area contributed by atoms with Gasteiger partial charge in [0, 0.05) is 12.6 Å². The zero-order valence-electron chi connectivity index (χ0n) is 15.5. The monoisotopic (exact) mass is 379 g/mol. The molecule has 0 aliphatic heterocycles. The molecule has 26 heavy (non-hydrogen) atoms. The zero-order valence-corrected chi connectivity index (χ0v) is 16.3. The number of sulfonamides is 1. The third-order valence-electron chi connectivity index (χ3n) is 3.87. The van der Waals surface area contributed by atoms with Crippen molar-refractivity contribution in [1.29, 1.82) is 0 Å². The molecule has 7 heteroatoms. The molecule has 6 nitrogen and oxygen atoms in total. The smallest absolute Gasteiger partial charge is 0.240 e. The van der Waals surface area contributed by atoms with Gasteiger partial charge in [0.05, 0.1) is 19.1 Å². The molecule has 0 radical (unpaired) electrons. The van der Waals surface area contributed by atoms with Gasteiger partial charge in [0.15, 0.2) is 11.5 Å². The first-order valence-corrected chi connectivity index (χ1v) is 9.80. The lowest BCUT2D eigenvalue weighted by atomic mass is 10.0. The van der Waals surface area contributed by atoms with Crippen LogP contribution in [0.3, 0.4) is 0 Å².